The Bertz CT molecular complexity index is 623. The number of nitrogens with zero attached hydrogens (tertiary/aromatic N) is 3. The van der Waals surface area contributed by atoms with Crippen LogP contribution in [0.2, 0.25) is 25.7 Å². The van der Waals surface area contributed by atoms with Crippen molar-refractivity contribution >= 4 is 24.0 Å². The van der Waals surface area contributed by atoms with Crippen LogP contribution >= 0.6 is 15.9 Å². The molecule has 0 aliphatic rings. The van der Waals surface area contributed by atoms with E-state index in [2.05, 4.69) is 45.7 Å². The summed E-state index contributed by atoms with van der Waals surface area (Å²) in [6, 6.07) is 9.53. The zero-order valence-corrected chi connectivity index (χ0v) is 16.8. The predicted octanol–water partition coefficient (Wildman–Crippen LogP) is 4.42. The van der Waals surface area contributed by atoms with E-state index in [1.807, 2.05) is 31.2 Å². The second-order valence-electron chi connectivity index (χ2n) is 6.51. The van der Waals surface area contributed by atoms with Crippen molar-refractivity contribution < 1.29 is 9.47 Å². The summed E-state index contributed by atoms with van der Waals surface area (Å²) in [6.07, 6.45) is 0. The summed E-state index contributed by atoms with van der Waals surface area (Å²) in [5.74, 6) is 0.648. The Kier molecular flexibility index (Phi) is 6.38. The molecule has 0 amide bonds. The van der Waals surface area contributed by atoms with Gasteiger partial charge in [0, 0.05) is 24.7 Å². The van der Waals surface area contributed by atoms with E-state index in [4.69, 9.17) is 9.47 Å². The molecule has 0 fully saturated rings. The molecule has 1 aromatic heterocycles. The van der Waals surface area contributed by atoms with Crippen LogP contribution in [0.4, 0.5) is 0 Å². The van der Waals surface area contributed by atoms with Gasteiger partial charge < -0.3 is 9.47 Å². The minimum Gasteiger partial charge on any atom is -0.464 e. The van der Waals surface area contributed by atoms with Gasteiger partial charge in [0.1, 0.15) is 6.73 Å². The minimum atomic E-state index is -1.08. The van der Waals surface area contributed by atoms with Crippen LogP contribution in [0.25, 0.3) is 11.4 Å². The molecule has 5 nitrogen and oxygen atoms in total. The summed E-state index contributed by atoms with van der Waals surface area (Å²) < 4.78 is 14.0. The molecule has 0 atom stereocenters. The summed E-state index contributed by atoms with van der Waals surface area (Å²) in [6.45, 7) is 10.6. The normalized spacial score (nSPS) is 11.7. The van der Waals surface area contributed by atoms with Gasteiger partial charge >= 0.3 is 6.01 Å². The third-order valence-electron chi connectivity index (χ3n) is 3.22. The lowest BCUT2D eigenvalue weighted by Crippen LogP contribution is -2.22. The molecule has 0 saturated carbocycles. The smallest absolute Gasteiger partial charge is 0.317 e. The van der Waals surface area contributed by atoms with Crippen LogP contribution in [0.15, 0.2) is 28.7 Å². The highest BCUT2D eigenvalue weighted by Gasteiger charge is 2.15. The highest BCUT2D eigenvalue weighted by molar-refractivity contribution is 9.10. The Morgan fingerprint density at radius 2 is 1.87 bits per heavy atom. The molecule has 2 aromatic rings. The lowest BCUT2D eigenvalue weighted by atomic mass is 10.2. The summed E-state index contributed by atoms with van der Waals surface area (Å²) >= 11 is 3.43. The Morgan fingerprint density at radius 3 is 2.48 bits per heavy atom. The molecule has 23 heavy (non-hydrogen) atoms. The Labute approximate surface area is 147 Å². The Morgan fingerprint density at radius 1 is 1.17 bits per heavy atom. The van der Waals surface area contributed by atoms with Crippen LogP contribution in [0, 0.1) is 0 Å². The van der Waals surface area contributed by atoms with Gasteiger partial charge in [-0.2, -0.15) is 9.67 Å². The second kappa shape index (κ2) is 8.08. The predicted molar refractivity (Wildman–Crippen MR) is 98.4 cm³/mol. The van der Waals surface area contributed by atoms with Crippen molar-refractivity contribution in [3.8, 4) is 17.4 Å². The van der Waals surface area contributed by atoms with Crippen LogP contribution in [-0.2, 0) is 11.5 Å². The van der Waals surface area contributed by atoms with E-state index in [1.165, 1.54) is 0 Å². The summed E-state index contributed by atoms with van der Waals surface area (Å²) in [5, 5.41) is 4.51. The lowest BCUT2D eigenvalue weighted by molar-refractivity contribution is 0.0700. The molecule has 0 bridgehead atoms. The summed E-state index contributed by atoms with van der Waals surface area (Å²) in [4.78, 5) is 4.47. The van der Waals surface area contributed by atoms with Crippen molar-refractivity contribution in [2.75, 3.05) is 13.2 Å². The number of halogens is 1. The highest BCUT2D eigenvalue weighted by atomic mass is 79.9. The van der Waals surface area contributed by atoms with Gasteiger partial charge in [-0.05, 0) is 25.1 Å². The molecule has 2 rings (SSSR count). The number of ether oxygens (including phenoxy) is 2. The quantitative estimate of drug-likeness (QED) is 0.488. The molecule has 0 N–H and O–H groups in total. The third-order valence-corrected chi connectivity index (χ3v) is 5.46. The maximum absolute atomic E-state index is 5.76. The molecule has 0 radical (unpaired) electrons. The standard InChI is InChI=1S/C16H24BrN3O2Si/c1-5-22-16-18-15(13-6-8-14(17)9-7-13)19-20(16)12-21-10-11-23(2,3)4/h6-9H,5,10-12H2,1-4H3. The van der Waals surface area contributed by atoms with Crippen molar-refractivity contribution in [2.45, 2.75) is 39.3 Å². The van der Waals surface area contributed by atoms with Gasteiger partial charge in [-0.1, -0.05) is 47.7 Å². The van der Waals surface area contributed by atoms with Crippen LogP contribution in [0.3, 0.4) is 0 Å². The van der Waals surface area contributed by atoms with E-state index in [0.717, 1.165) is 22.7 Å². The maximum Gasteiger partial charge on any atom is 0.317 e. The van der Waals surface area contributed by atoms with Gasteiger partial charge in [0.2, 0.25) is 0 Å². The SMILES string of the molecule is CCOc1nc(-c2ccc(Br)cc2)nn1COCC[Si](C)(C)C. The van der Waals surface area contributed by atoms with Crippen LogP contribution < -0.4 is 4.74 Å². The molecule has 7 heteroatoms. The number of rotatable bonds is 8. The largest absolute Gasteiger partial charge is 0.464 e. The molecular weight excluding hydrogens is 374 g/mol. The topological polar surface area (TPSA) is 49.2 Å². The van der Waals surface area contributed by atoms with Crippen molar-refractivity contribution in [1.82, 2.24) is 14.8 Å². The molecule has 0 aliphatic heterocycles. The number of hydrogen-bond donors (Lipinski definition) is 0. The molecule has 0 saturated heterocycles. The third kappa shape index (κ3) is 5.75. The summed E-state index contributed by atoms with van der Waals surface area (Å²) in [5.41, 5.74) is 0.954. The van der Waals surface area contributed by atoms with E-state index >= 15 is 0 Å². The summed E-state index contributed by atoms with van der Waals surface area (Å²) in [7, 11) is -1.08. The molecule has 1 aromatic carbocycles. The van der Waals surface area contributed by atoms with E-state index in [9.17, 15) is 0 Å². The Balaban J connectivity index is 2.07. The van der Waals surface area contributed by atoms with Crippen molar-refractivity contribution in [3.63, 3.8) is 0 Å². The van der Waals surface area contributed by atoms with Crippen LogP contribution in [0.1, 0.15) is 6.92 Å². The van der Waals surface area contributed by atoms with Gasteiger partial charge in [0.15, 0.2) is 5.82 Å². The zero-order valence-electron chi connectivity index (χ0n) is 14.2. The monoisotopic (exact) mass is 397 g/mol. The van der Waals surface area contributed by atoms with E-state index in [0.29, 0.717) is 25.2 Å². The van der Waals surface area contributed by atoms with E-state index in [-0.39, 0.29) is 0 Å². The number of hydrogen-bond acceptors (Lipinski definition) is 4. The van der Waals surface area contributed by atoms with Crippen molar-refractivity contribution in [3.05, 3.63) is 28.7 Å². The minimum absolute atomic E-state index is 0.364. The second-order valence-corrected chi connectivity index (χ2v) is 13.0. The van der Waals surface area contributed by atoms with Gasteiger partial charge in [0.05, 0.1) is 6.61 Å². The van der Waals surface area contributed by atoms with Crippen molar-refractivity contribution in [2.24, 2.45) is 0 Å². The van der Waals surface area contributed by atoms with Gasteiger partial charge in [-0.25, -0.2) is 0 Å². The van der Waals surface area contributed by atoms with E-state index < -0.39 is 8.07 Å². The first-order valence-electron chi connectivity index (χ1n) is 7.80. The fraction of sp³-hybridized carbons (Fsp3) is 0.500. The highest BCUT2D eigenvalue weighted by Crippen LogP contribution is 2.21. The number of benzene rings is 1. The van der Waals surface area contributed by atoms with Gasteiger partial charge in [-0.15, -0.1) is 5.10 Å². The maximum atomic E-state index is 5.76. The van der Waals surface area contributed by atoms with Gasteiger partial charge in [-0.3, -0.25) is 0 Å². The molecule has 0 aliphatic carbocycles. The first kappa shape index (κ1) is 18.2. The average molecular weight is 398 g/mol. The van der Waals surface area contributed by atoms with Crippen molar-refractivity contribution in [1.29, 1.82) is 0 Å². The van der Waals surface area contributed by atoms with Gasteiger partial charge in [0.25, 0.3) is 0 Å². The molecule has 126 valence electrons. The first-order chi connectivity index (χ1) is 10.9. The zero-order chi connectivity index (χ0) is 16.9. The average Bonchev–Trinajstić information content (AvgIpc) is 2.87. The van der Waals surface area contributed by atoms with Crippen LogP contribution in [-0.4, -0.2) is 36.1 Å². The first-order valence-corrected chi connectivity index (χ1v) is 12.3. The van der Waals surface area contributed by atoms with E-state index in [1.54, 1.807) is 4.68 Å². The Hall–Kier alpha value is -1.18. The molecule has 1 heterocycles. The lowest BCUT2D eigenvalue weighted by Gasteiger charge is -2.15. The fourth-order valence-corrected chi connectivity index (χ4v) is 2.92. The molecule has 0 spiro atoms. The fourth-order valence-electron chi connectivity index (χ4n) is 1.90. The number of aromatic nitrogens is 3. The molecular formula is C16H24BrN3O2Si. The van der Waals surface area contributed by atoms with Crippen LogP contribution in [0.5, 0.6) is 6.01 Å². The molecule has 0 unspecified atom stereocenters.